The molecule has 1 aromatic carbocycles. The Balaban J connectivity index is 1.19. The standard InChI is InChI=1S/C27H40N6O4/c1-18(28)17-37-21-6-3-19(4-7-21)16-31-11-13-32(14-12-31)20-5-8-22-24(15-20)30(2)27(36)33(22)23-9-10-25(34)29-26(23)35/h5,8,15,18-19,21,23H,3-4,6-7,9-14,16-17,28H2,1-2H3,(H,29,34,35)/t18-,19?,21?,23-/m1/s1. The maximum absolute atomic E-state index is 13.0. The molecule has 1 aliphatic carbocycles. The van der Waals surface area contributed by atoms with Crippen molar-refractivity contribution in [2.24, 2.45) is 18.7 Å². The van der Waals surface area contributed by atoms with Gasteiger partial charge in [0.1, 0.15) is 6.04 Å². The van der Waals surface area contributed by atoms with E-state index in [1.807, 2.05) is 19.1 Å². The van der Waals surface area contributed by atoms with Crippen LogP contribution in [0, 0.1) is 5.92 Å². The molecule has 2 atom stereocenters. The monoisotopic (exact) mass is 512 g/mol. The Morgan fingerprint density at radius 1 is 1.03 bits per heavy atom. The average Bonchev–Trinajstić information content (AvgIpc) is 3.13. The molecule has 3 heterocycles. The first-order valence-electron chi connectivity index (χ1n) is 13.7. The Morgan fingerprint density at radius 2 is 1.76 bits per heavy atom. The van der Waals surface area contributed by atoms with Crippen LogP contribution in [0.1, 0.15) is 51.5 Å². The lowest BCUT2D eigenvalue weighted by Crippen LogP contribution is -2.48. The van der Waals surface area contributed by atoms with Gasteiger partial charge < -0.3 is 15.4 Å². The molecule has 3 N–H and O–H groups in total. The van der Waals surface area contributed by atoms with Gasteiger partial charge >= 0.3 is 5.69 Å². The number of benzene rings is 1. The van der Waals surface area contributed by atoms with Crippen LogP contribution in [0.2, 0.25) is 0 Å². The molecule has 0 bridgehead atoms. The van der Waals surface area contributed by atoms with Crippen molar-refractivity contribution >= 4 is 28.5 Å². The number of amides is 2. The zero-order valence-corrected chi connectivity index (χ0v) is 22.0. The van der Waals surface area contributed by atoms with E-state index in [1.54, 1.807) is 11.6 Å². The Bertz CT molecular complexity index is 1190. The number of aromatic nitrogens is 2. The first-order chi connectivity index (χ1) is 17.8. The topological polar surface area (TPSA) is 115 Å². The second kappa shape index (κ2) is 11.0. The fourth-order valence-electron chi connectivity index (χ4n) is 6.10. The predicted molar refractivity (Wildman–Crippen MR) is 143 cm³/mol. The highest BCUT2D eigenvalue weighted by Crippen LogP contribution is 2.29. The fraction of sp³-hybridized carbons (Fsp3) is 0.667. The molecule has 202 valence electrons. The molecule has 3 aliphatic rings. The summed E-state index contributed by atoms with van der Waals surface area (Å²) in [6, 6.07) is 5.48. The van der Waals surface area contributed by atoms with Crippen molar-refractivity contribution in [2.45, 2.75) is 63.6 Å². The molecule has 37 heavy (non-hydrogen) atoms. The van der Waals surface area contributed by atoms with Gasteiger partial charge in [-0.15, -0.1) is 0 Å². The van der Waals surface area contributed by atoms with E-state index in [2.05, 4.69) is 21.2 Å². The molecule has 5 rings (SSSR count). The zero-order valence-electron chi connectivity index (χ0n) is 22.0. The lowest BCUT2D eigenvalue weighted by Gasteiger charge is -2.39. The molecule has 2 saturated heterocycles. The molecule has 2 aromatic rings. The van der Waals surface area contributed by atoms with Gasteiger partial charge in [-0.05, 0) is 63.1 Å². The third-order valence-electron chi connectivity index (χ3n) is 8.24. The van der Waals surface area contributed by atoms with E-state index in [0.717, 1.165) is 68.2 Å². The number of piperazine rings is 1. The van der Waals surface area contributed by atoms with Crippen molar-refractivity contribution in [1.82, 2.24) is 19.4 Å². The Labute approximate surface area is 217 Å². The van der Waals surface area contributed by atoms with E-state index in [-0.39, 0.29) is 24.1 Å². The first-order valence-corrected chi connectivity index (χ1v) is 13.7. The van der Waals surface area contributed by atoms with E-state index in [9.17, 15) is 14.4 Å². The van der Waals surface area contributed by atoms with E-state index in [0.29, 0.717) is 19.1 Å². The quantitative estimate of drug-likeness (QED) is 0.539. The van der Waals surface area contributed by atoms with Gasteiger partial charge in [-0.1, -0.05) is 0 Å². The number of nitrogens with one attached hydrogen (secondary N) is 1. The molecule has 1 aromatic heterocycles. The van der Waals surface area contributed by atoms with Gasteiger partial charge in [0.25, 0.3) is 0 Å². The Kier molecular flexibility index (Phi) is 7.69. The summed E-state index contributed by atoms with van der Waals surface area (Å²) >= 11 is 0. The summed E-state index contributed by atoms with van der Waals surface area (Å²) in [5.41, 5.74) is 8.21. The van der Waals surface area contributed by atoms with Crippen LogP contribution in [0.5, 0.6) is 0 Å². The van der Waals surface area contributed by atoms with Crippen molar-refractivity contribution in [2.75, 3.05) is 44.2 Å². The van der Waals surface area contributed by atoms with Gasteiger partial charge in [-0.3, -0.25) is 28.9 Å². The highest BCUT2D eigenvalue weighted by molar-refractivity contribution is 6.00. The van der Waals surface area contributed by atoms with Crippen molar-refractivity contribution in [3.63, 3.8) is 0 Å². The summed E-state index contributed by atoms with van der Waals surface area (Å²) in [5.74, 6) is 0.0478. The van der Waals surface area contributed by atoms with Crippen LogP contribution < -0.4 is 21.6 Å². The van der Waals surface area contributed by atoms with Gasteiger partial charge in [-0.25, -0.2) is 4.79 Å². The van der Waals surface area contributed by atoms with Crippen LogP contribution in [0.15, 0.2) is 23.0 Å². The van der Waals surface area contributed by atoms with Crippen LogP contribution in [-0.4, -0.2) is 77.3 Å². The second-order valence-electron chi connectivity index (χ2n) is 11.1. The van der Waals surface area contributed by atoms with Crippen LogP contribution in [-0.2, 0) is 21.4 Å². The normalized spacial score (nSPS) is 26.5. The number of ether oxygens (including phenoxy) is 1. The number of hydrogen-bond donors (Lipinski definition) is 2. The number of nitrogens with zero attached hydrogens (tertiary/aromatic N) is 4. The molecule has 3 fully saturated rings. The summed E-state index contributed by atoms with van der Waals surface area (Å²) in [6.07, 6.45) is 5.66. The number of aryl methyl sites for hydroxylation is 1. The van der Waals surface area contributed by atoms with Crippen molar-refractivity contribution in [3.8, 4) is 0 Å². The molecule has 10 nitrogen and oxygen atoms in total. The summed E-state index contributed by atoms with van der Waals surface area (Å²) in [5, 5.41) is 2.37. The van der Waals surface area contributed by atoms with Crippen LogP contribution in [0.3, 0.4) is 0 Å². The molecule has 0 radical (unpaired) electrons. The van der Waals surface area contributed by atoms with Crippen molar-refractivity contribution in [1.29, 1.82) is 0 Å². The number of imide groups is 1. The maximum atomic E-state index is 13.0. The van der Waals surface area contributed by atoms with E-state index in [1.165, 1.54) is 17.4 Å². The van der Waals surface area contributed by atoms with Gasteiger partial charge in [0.15, 0.2) is 0 Å². The molecule has 2 amide bonds. The molecule has 0 spiro atoms. The lowest BCUT2D eigenvalue weighted by molar-refractivity contribution is -0.135. The number of hydrogen-bond acceptors (Lipinski definition) is 7. The minimum absolute atomic E-state index is 0.102. The number of nitrogens with two attached hydrogens (primary N) is 1. The third-order valence-corrected chi connectivity index (χ3v) is 8.24. The minimum atomic E-state index is -0.658. The maximum Gasteiger partial charge on any atom is 0.329 e. The number of carbonyl (C=O) groups excluding carboxylic acids is 2. The molecule has 0 unspecified atom stereocenters. The molecule has 1 saturated carbocycles. The highest BCUT2D eigenvalue weighted by Gasteiger charge is 2.31. The van der Waals surface area contributed by atoms with E-state index in [4.69, 9.17) is 10.5 Å². The van der Waals surface area contributed by atoms with Crippen molar-refractivity contribution in [3.05, 3.63) is 28.7 Å². The first kappa shape index (κ1) is 25.9. The number of imidazole rings is 1. The number of fused-ring (bicyclic) bond motifs is 1. The lowest BCUT2D eigenvalue weighted by atomic mass is 9.87. The second-order valence-corrected chi connectivity index (χ2v) is 11.1. The molecule has 2 aliphatic heterocycles. The largest absolute Gasteiger partial charge is 0.377 e. The summed E-state index contributed by atoms with van der Waals surface area (Å²) in [4.78, 5) is 42.0. The van der Waals surface area contributed by atoms with Crippen LogP contribution in [0.4, 0.5) is 5.69 Å². The summed E-state index contributed by atoms with van der Waals surface area (Å²) in [6.45, 7) is 7.72. The Hall–Kier alpha value is -2.69. The highest BCUT2D eigenvalue weighted by atomic mass is 16.5. The molecule has 10 heteroatoms. The number of carbonyl (C=O) groups is 2. The fourth-order valence-corrected chi connectivity index (χ4v) is 6.10. The van der Waals surface area contributed by atoms with Gasteiger partial charge in [0.2, 0.25) is 11.8 Å². The minimum Gasteiger partial charge on any atom is -0.377 e. The smallest absolute Gasteiger partial charge is 0.329 e. The van der Waals surface area contributed by atoms with Gasteiger partial charge in [-0.2, -0.15) is 0 Å². The van der Waals surface area contributed by atoms with Crippen LogP contribution >= 0.6 is 0 Å². The Morgan fingerprint density at radius 3 is 2.43 bits per heavy atom. The number of rotatable bonds is 7. The van der Waals surface area contributed by atoms with Gasteiger partial charge in [0, 0.05) is 57.9 Å². The summed E-state index contributed by atoms with van der Waals surface area (Å²) < 4.78 is 9.08. The molecular weight excluding hydrogens is 472 g/mol. The van der Waals surface area contributed by atoms with E-state index >= 15 is 0 Å². The predicted octanol–water partition coefficient (Wildman–Crippen LogP) is 1.36. The third kappa shape index (κ3) is 5.61. The van der Waals surface area contributed by atoms with Gasteiger partial charge in [0.05, 0.1) is 23.7 Å². The SMILES string of the molecule is C[C@@H](N)COC1CCC(CN2CCN(c3ccc4c(c3)n(C)c(=O)n4[C@@H]3CCC(=O)NC3=O)CC2)CC1. The summed E-state index contributed by atoms with van der Waals surface area (Å²) in [7, 11) is 1.74. The molecular formula is C27H40N6O4. The zero-order chi connectivity index (χ0) is 26.1. The van der Waals surface area contributed by atoms with Crippen LogP contribution in [0.25, 0.3) is 11.0 Å². The van der Waals surface area contributed by atoms with Crippen molar-refractivity contribution < 1.29 is 14.3 Å². The average molecular weight is 513 g/mol. The number of piperidine rings is 1. The number of anilines is 1. The van der Waals surface area contributed by atoms with E-state index < -0.39 is 11.9 Å².